The molecule has 0 amide bonds. The van der Waals surface area contributed by atoms with E-state index in [1.165, 1.54) is 0 Å². The van der Waals surface area contributed by atoms with Gasteiger partial charge in [-0.1, -0.05) is 0 Å². The number of aliphatic hydroxyl groups excluding tert-OH is 1. The number of likely N-dealkylation sites (N-methyl/N-ethyl adjacent to an activating group) is 1. The molecule has 1 atom stereocenters. The van der Waals surface area contributed by atoms with Gasteiger partial charge in [-0.3, -0.25) is 4.98 Å². The molecule has 1 rings (SSSR count). The van der Waals surface area contributed by atoms with Gasteiger partial charge in [0.05, 0.1) is 6.10 Å². The van der Waals surface area contributed by atoms with E-state index in [0.29, 0.717) is 6.54 Å². The van der Waals surface area contributed by atoms with Crippen molar-refractivity contribution in [3.05, 3.63) is 29.6 Å². The van der Waals surface area contributed by atoms with E-state index in [1.54, 1.807) is 12.4 Å². The molecule has 0 spiro atoms. The molecule has 0 fully saturated rings. The van der Waals surface area contributed by atoms with Gasteiger partial charge in [0.2, 0.25) is 0 Å². The fourth-order valence-corrected chi connectivity index (χ4v) is 1.16. The summed E-state index contributed by atoms with van der Waals surface area (Å²) < 4.78 is 0. The largest absolute Gasteiger partial charge is 0.387 e. The molecule has 66 valence electrons. The molecule has 12 heavy (non-hydrogen) atoms. The van der Waals surface area contributed by atoms with Crippen molar-refractivity contribution in [2.75, 3.05) is 13.6 Å². The maximum Gasteiger partial charge on any atom is 0.0917 e. The minimum absolute atomic E-state index is 0.432. The predicted molar refractivity (Wildman–Crippen MR) is 47.9 cm³/mol. The van der Waals surface area contributed by atoms with E-state index in [0.717, 1.165) is 11.1 Å². The normalized spacial score (nSPS) is 12.9. The molecule has 1 aromatic rings. The highest BCUT2D eigenvalue weighted by atomic mass is 16.3. The average Bonchev–Trinajstić information content (AvgIpc) is 2.05. The van der Waals surface area contributed by atoms with Crippen molar-refractivity contribution in [1.82, 2.24) is 10.3 Å². The van der Waals surface area contributed by atoms with Gasteiger partial charge in [0, 0.05) is 18.9 Å². The first kappa shape index (κ1) is 9.16. The summed E-state index contributed by atoms with van der Waals surface area (Å²) in [6.45, 7) is 2.52. The van der Waals surface area contributed by atoms with Crippen LogP contribution in [0.25, 0.3) is 0 Å². The van der Waals surface area contributed by atoms with E-state index in [2.05, 4.69) is 10.3 Å². The Labute approximate surface area is 72.5 Å². The van der Waals surface area contributed by atoms with Crippen LogP contribution in [0, 0.1) is 6.92 Å². The Morgan fingerprint density at radius 2 is 2.42 bits per heavy atom. The monoisotopic (exact) mass is 166 g/mol. The first-order chi connectivity index (χ1) is 5.75. The number of aliphatic hydroxyl groups is 1. The van der Waals surface area contributed by atoms with Gasteiger partial charge in [-0.05, 0) is 31.2 Å². The molecule has 1 unspecified atom stereocenters. The van der Waals surface area contributed by atoms with Crippen molar-refractivity contribution in [1.29, 1.82) is 0 Å². The van der Waals surface area contributed by atoms with Crippen LogP contribution in [0.5, 0.6) is 0 Å². The Morgan fingerprint density at radius 3 is 3.00 bits per heavy atom. The highest BCUT2D eigenvalue weighted by Crippen LogP contribution is 2.14. The fourth-order valence-electron chi connectivity index (χ4n) is 1.16. The lowest BCUT2D eigenvalue weighted by atomic mass is 10.1. The topological polar surface area (TPSA) is 45.1 Å². The van der Waals surface area contributed by atoms with Gasteiger partial charge < -0.3 is 10.4 Å². The Hall–Kier alpha value is -0.930. The van der Waals surface area contributed by atoms with E-state index < -0.39 is 6.10 Å². The van der Waals surface area contributed by atoms with Crippen molar-refractivity contribution in [3.63, 3.8) is 0 Å². The summed E-state index contributed by atoms with van der Waals surface area (Å²) in [6.07, 6.45) is 3.02. The molecule has 0 radical (unpaired) electrons. The number of aryl methyl sites for hydroxylation is 1. The van der Waals surface area contributed by atoms with E-state index in [9.17, 15) is 5.11 Å². The van der Waals surface area contributed by atoms with E-state index >= 15 is 0 Å². The number of nitrogens with zero attached hydrogens (tertiary/aromatic N) is 1. The molecular formula is C9H14N2O. The number of nitrogens with one attached hydrogen (secondary N) is 1. The molecule has 1 heterocycles. The number of pyridine rings is 1. The second-order valence-electron chi connectivity index (χ2n) is 2.81. The summed E-state index contributed by atoms with van der Waals surface area (Å²) in [4.78, 5) is 3.96. The van der Waals surface area contributed by atoms with Crippen LogP contribution in [0.3, 0.4) is 0 Å². The number of aromatic nitrogens is 1. The molecule has 0 saturated heterocycles. The fraction of sp³-hybridized carbons (Fsp3) is 0.444. The number of rotatable bonds is 3. The molecule has 0 aliphatic carbocycles. The zero-order chi connectivity index (χ0) is 8.97. The Bertz CT molecular complexity index is 250. The minimum atomic E-state index is -0.432. The van der Waals surface area contributed by atoms with E-state index in [1.807, 2.05) is 20.0 Å². The van der Waals surface area contributed by atoms with Crippen LogP contribution >= 0.6 is 0 Å². The van der Waals surface area contributed by atoms with Gasteiger partial charge in [0.15, 0.2) is 0 Å². The molecule has 3 nitrogen and oxygen atoms in total. The summed E-state index contributed by atoms with van der Waals surface area (Å²) in [6, 6.07) is 1.84. The molecule has 0 aromatic carbocycles. The van der Waals surface area contributed by atoms with Crippen LogP contribution < -0.4 is 5.32 Å². The average molecular weight is 166 g/mol. The van der Waals surface area contributed by atoms with Crippen LogP contribution in [-0.2, 0) is 0 Å². The Morgan fingerprint density at radius 1 is 1.67 bits per heavy atom. The third-order valence-corrected chi connectivity index (χ3v) is 1.82. The molecule has 1 aromatic heterocycles. The second-order valence-corrected chi connectivity index (χ2v) is 2.81. The third-order valence-electron chi connectivity index (χ3n) is 1.82. The van der Waals surface area contributed by atoms with E-state index in [4.69, 9.17) is 0 Å². The van der Waals surface area contributed by atoms with E-state index in [-0.39, 0.29) is 0 Å². The quantitative estimate of drug-likeness (QED) is 0.692. The molecule has 0 aliphatic heterocycles. The zero-order valence-corrected chi connectivity index (χ0v) is 7.41. The molecule has 3 heteroatoms. The van der Waals surface area contributed by atoms with Crippen LogP contribution in [0.15, 0.2) is 18.5 Å². The van der Waals surface area contributed by atoms with Crippen molar-refractivity contribution in [2.24, 2.45) is 0 Å². The maximum absolute atomic E-state index is 9.61. The summed E-state index contributed by atoms with van der Waals surface area (Å²) in [7, 11) is 1.82. The highest BCUT2D eigenvalue weighted by Gasteiger charge is 2.07. The summed E-state index contributed by atoms with van der Waals surface area (Å²) in [5.41, 5.74) is 1.97. The van der Waals surface area contributed by atoms with Crippen molar-refractivity contribution < 1.29 is 5.11 Å². The maximum atomic E-state index is 9.61. The van der Waals surface area contributed by atoms with Gasteiger partial charge >= 0.3 is 0 Å². The lowest BCUT2D eigenvalue weighted by molar-refractivity contribution is 0.177. The van der Waals surface area contributed by atoms with Crippen LogP contribution in [0.4, 0.5) is 0 Å². The van der Waals surface area contributed by atoms with Gasteiger partial charge in [0.25, 0.3) is 0 Å². The molecule has 0 saturated carbocycles. The highest BCUT2D eigenvalue weighted by molar-refractivity contribution is 5.24. The molecule has 2 N–H and O–H groups in total. The Kier molecular flexibility index (Phi) is 3.19. The second kappa shape index (κ2) is 4.18. The number of hydrogen-bond donors (Lipinski definition) is 2. The molecular weight excluding hydrogens is 152 g/mol. The SMILES string of the molecule is CNCC(O)c1ccncc1C. The first-order valence-corrected chi connectivity index (χ1v) is 3.99. The summed E-state index contributed by atoms with van der Waals surface area (Å²) >= 11 is 0. The van der Waals surface area contributed by atoms with Crippen LogP contribution in [0.1, 0.15) is 17.2 Å². The smallest absolute Gasteiger partial charge is 0.0917 e. The standard InChI is InChI=1S/C9H14N2O/c1-7-5-11-4-3-8(7)9(12)6-10-2/h3-5,9-10,12H,6H2,1-2H3. The van der Waals surface area contributed by atoms with Gasteiger partial charge in [-0.25, -0.2) is 0 Å². The number of hydrogen-bond acceptors (Lipinski definition) is 3. The zero-order valence-electron chi connectivity index (χ0n) is 7.41. The molecule has 0 bridgehead atoms. The van der Waals surface area contributed by atoms with Crippen molar-refractivity contribution in [3.8, 4) is 0 Å². The lowest BCUT2D eigenvalue weighted by Crippen LogP contribution is -2.17. The lowest BCUT2D eigenvalue weighted by Gasteiger charge is -2.11. The first-order valence-electron chi connectivity index (χ1n) is 3.99. The van der Waals surface area contributed by atoms with Gasteiger partial charge in [-0.15, -0.1) is 0 Å². The summed E-state index contributed by atoms with van der Waals surface area (Å²) in [5.74, 6) is 0. The Balaban J connectivity index is 2.79. The van der Waals surface area contributed by atoms with Crippen LogP contribution in [-0.4, -0.2) is 23.7 Å². The summed E-state index contributed by atoms with van der Waals surface area (Å²) in [5, 5.41) is 12.5. The van der Waals surface area contributed by atoms with Gasteiger partial charge in [0.1, 0.15) is 0 Å². The third kappa shape index (κ3) is 2.03. The minimum Gasteiger partial charge on any atom is -0.387 e. The van der Waals surface area contributed by atoms with Crippen molar-refractivity contribution in [2.45, 2.75) is 13.0 Å². The molecule has 0 aliphatic rings. The van der Waals surface area contributed by atoms with Crippen LogP contribution in [0.2, 0.25) is 0 Å². The predicted octanol–water partition coefficient (Wildman–Crippen LogP) is 0.643. The van der Waals surface area contributed by atoms with Crippen molar-refractivity contribution >= 4 is 0 Å². The van der Waals surface area contributed by atoms with Gasteiger partial charge in [-0.2, -0.15) is 0 Å².